The Hall–Kier alpha value is -0.380. The monoisotopic (exact) mass is 264 g/mol. The van der Waals surface area contributed by atoms with Gasteiger partial charge in [-0.15, -0.1) is 11.3 Å². The molecule has 3 rings (SSSR count). The van der Waals surface area contributed by atoms with Crippen LogP contribution in [0.25, 0.3) is 0 Å². The lowest BCUT2D eigenvalue weighted by molar-refractivity contribution is 0.0424. The Kier molecular flexibility index (Phi) is 3.73. The number of thiophene rings is 1. The van der Waals surface area contributed by atoms with Gasteiger partial charge in [-0.25, -0.2) is 0 Å². The summed E-state index contributed by atoms with van der Waals surface area (Å²) >= 11 is 1.90. The Morgan fingerprint density at radius 1 is 1.39 bits per heavy atom. The third-order valence-corrected chi connectivity index (χ3v) is 5.80. The average molecular weight is 264 g/mol. The molecule has 18 heavy (non-hydrogen) atoms. The van der Waals surface area contributed by atoms with Crippen LogP contribution in [0, 0.1) is 5.41 Å². The number of nitrogens with one attached hydrogen (secondary N) is 1. The van der Waals surface area contributed by atoms with Gasteiger partial charge in [-0.05, 0) is 62.6 Å². The lowest BCUT2D eigenvalue weighted by atomic mass is 9.74. The lowest BCUT2D eigenvalue weighted by Crippen LogP contribution is -2.51. The molecule has 1 N–H and O–H groups in total. The van der Waals surface area contributed by atoms with Gasteiger partial charge in [0.1, 0.15) is 0 Å². The van der Waals surface area contributed by atoms with Gasteiger partial charge in [-0.3, -0.25) is 4.90 Å². The maximum atomic E-state index is 3.62. The third kappa shape index (κ3) is 2.49. The molecule has 2 fully saturated rings. The number of hydrogen-bond acceptors (Lipinski definition) is 3. The number of likely N-dealkylation sites (tertiary alicyclic amines) is 1. The maximum Gasteiger partial charge on any atom is 0.0413 e. The molecule has 0 amide bonds. The Morgan fingerprint density at radius 3 is 3.00 bits per heavy atom. The first-order valence-electron chi connectivity index (χ1n) is 7.27. The Balaban J connectivity index is 1.70. The molecule has 2 atom stereocenters. The Labute approximate surface area is 114 Å². The minimum absolute atomic E-state index is 0.571. The molecule has 1 spiro atoms. The number of hydrogen-bond donors (Lipinski definition) is 1. The van der Waals surface area contributed by atoms with Crippen molar-refractivity contribution in [3.8, 4) is 0 Å². The maximum absolute atomic E-state index is 3.62. The molecule has 100 valence electrons. The largest absolute Gasteiger partial charge is 0.316 e. The van der Waals surface area contributed by atoms with Crippen LogP contribution in [-0.2, 0) is 0 Å². The highest BCUT2D eigenvalue weighted by Crippen LogP contribution is 2.39. The quantitative estimate of drug-likeness (QED) is 0.882. The summed E-state index contributed by atoms with van der Waals surface area (Å²) < 4.78 is 0. The smallest absolute Gasteiger partial charge is 0.0413 e. The normalized spacial score (nSPS) is 31.6. The van der Waals surface area contributed by atoms with Crippen LogP contribution in [0.15, 0.2) is 17.5 Å². The summed E-state index contributed by atoms with van der Waals surface area (Å²) in [5, 5.41) is 5.82. The predicted octanol–water partition coefficient (Wildman–Crippen LogP) is 3.27. The molecule has 3 heterocycles. The summed E-state index contributed by atoms with van der Waals surface area (Å²) in [6, 6.07) is 5.07. The van der Waals surface area contributed by atoms with E-state index in [9.17, 15) is 0 Å². The summed E-state index contributed by atoms with van der Waals surface area (Å²) in [4.78, 5) is 4.23. The average Bonchev–Trinajstić information content (AvgIpc) is 2.93. The van der Waals surface area contributed by atoms with E-state index in [1.54, 1.807) is 0 Å². The van der Waals surface area contributed by atoms with Gasteiger partial charge >= 0.3 is 0 Å². The van der Waals surface area contributed by atoms with Crippen molar-refractivity contribution in [1.29, 1.82) is 0 Å². The van der Waals surface area contributed by atoms with E-state index in [4.69, 9.17) is 0 Å². The second-order valence-electron chi connectivity index (χ2n) is 6.05. The van der Waals surface area contributed by atoms with E-state index in [1.807, 2.05) is 11.3 Å². The summed E-state index contributed by atoms with van der Waals surface area (Å²) in [6.07, 6.45) is 5.58. The molecule has 3 heteroatoms. The first-order valence-corrected chi connectivity index (χ1v) is 8.15. The van der Waals surface area contributed by atoms with Crippen LogP contribution in [0.2, 0.25) is 0 Å². The van der Waals surface area contributed by atoms with Gasteiger partial charge < -0.3 is 5.32 Å². The first-order chi connectivity index (χ1) is 8.79. The van der Waals surface area contributed by atoms with E-state index in [0.717, 1.165) is 0 Å². The third-order valence-electron chi connectivity index (χ3n) is 4.75. The van der Waals surface area contributed by atoms with Gasteiger partial charge in [0.15, 0.2) is 0 Å². The highest BCUT2D eigenvalue weighted by atomic mass is 32.1. The molecule has 0 aliphatic carbocycles. The zero-order valence-electron chi connectivity index (χ0n) is 11.3. The number of piperidine rings is 2. The Bertz CT molecular complexity index is 362. The van der Waals surface area contributed by atoms with Crippen LogP contribution < -0.4 is 5.32 Å². The molecule has 2 unspecified atom stereocenters. The second kappa shape index (κ2) is 5.32. The van der Waals surface area contributed by atoms with Crippen molar-refractivity contribution in [2.24, 2.45) is 5.41 Å². The molecule has 2 nitrogen and oxygen atoms in total. The number of rotatable bonds is 2. The van der Waals surface area contributed by atoms with E-state index < -0.39 is 0 Å². The SMILES string of the molecule is CC(c1cccs1)N1CCCC2(CCCNC2)C1. The van der Waals surface area contributed by atoms with Gasteiger partial charge in [0.25, 0.3) is 0 Å². The van der Waals surface area contributed by atoms with E-state index in [0.29, 0.717) is 11.5 Å². The fourth-order valence-corrected chi connectivity index (χ4v) is 4.48. The molecule has 0 saturated carbocycles. The summed E-state index contributed by atoms with van der Waals surface area (Å²) in [7, 11) is 0. The van der Waals surface area contributed by atoms with Crippen molar-refractivity contribution >= 4 is 11.3 Å². The van der Waals surface area contributed by atoms with Crippen molar-refractivity contribution in [3.05, 3.63) is 22.4 Å². The van der Waals surface area contributed by atoms with Crippen LogP contribution in [0.4, 0.5) is 0 Å². The van der Waals surface area contributed by atoms with Crippen molar-refractivity contribution < 1.29 is 0 Å². The first kappa shape index (κ1) is 12.6. The molecule has 0 radical (unpaired) electrons. The van der Waals surface area contributed by atoms with Gasteiger partial charge in [0, 0.05) is 24.0 Å². The zero-order chi connectivity index (χ0) is 12.4. The highest BCUT2D eigenvalue weighted by Gasteiger charge is 2.37. The minimum atomic E-state index is 0.571. The fraction of sp³-hybridized carbons (Fsp3) is 0.733. The zero-order valence-corrected chi connectivity index (χ0v) is 12.1. The molecular formula is C15H24N2S. The highest BCUT2D eigenvalue weighted by molar-refractivity contribution is 7.10. The van der Waals surface area contributed by atoms with Gasteiger partial charge in [0.2, 0.25) is 0 Å². The summed E-state index contributed by atoms with van der Waals surface area (Å²) in [6.45, 7) is 7.41. The molecule has 2 aliphatic rings. The van der Waals surface area contributed by atoms with Crippen molar-refractivity contribution in [2.75, 3.05) is 26.2 Å². The topological polar surface area (TPSA) is 15.3 Å². The van der Waals surface area contributed by atoms with Crippen LogP contribution >= 0.6 is 11.3 Å². The van der Waals surface area contributed by atoms with Gasteiger partial charge in [-0.2, -0.15) is 0 Å². The lowest BCUT2D eigenvalue weighted by Gasteiger charge is -2.47. The number of nitrogens with zero attached hydrogens (tertiary/aromatic N) is 1. The molecule has 1 aromatic heterocycles. The van der Waals surface area contributed by atoms with E-state index in [2.05, 4.69) is 34.7 Å². The molecule has 0 aromatic carbocycles. The van der Waals surface area contributed by atoms with Crippen LogP contribution in [0.1, 0.15) is 43.5 Å². The summed E-state index contributed by atoms with van der Waals surface area (Å²) in [5.41, 5.74) is 0.571. The molecule has 0 bridgehead atoms. The van der Waals surface area contributed by atoms with Gasteiger partial charge in [-0.1, -0.05) is 6.07 Å². The standard InChI is InChI=1S/C15H24N2S/c1-13(14-5-2-10-18-14)17-9-4-7-15(12-17)6-3-8-16-11-15/h2,5,10,13,16H,3-4,6-9,11-12H2,1H3. The Morgan fingerprint density at radius 2 is 2.28 bits per heavy atom. The molecular weight excluding hydrogens is 240 g/mol. The minimum Gasteiger partial charge on any atom is -0.316 e. The molecule has 1 aromatic rings. The second-order valence-corrected chi connectivity index (χ2v) is 7.03. The van der Waals surface area contributed by atoms with Crippen molar-refractivity contribution in [2.45, 2.75) is 38.6 Å². The van der Waals surface area contributed by atoms with E-state index in [-0.39, 0.29) is 0 Å². The van der Waals surface area contributed by atoms with Crippen molar-refractivity contribution in [1.82, 2.24) is 10.2 Å². The van der Waals surface area contributed by atoms with Crippen LogP contribution in [0.5, 0.6) is 0 Å². The summed E-state index contributed by atoms with van der Waals surface area (Å²) in [5.74, 6) is 0. The predicted molar refractivity (Wildman–Crippen MR) is 78.1 cm³/mol. The fourth-order valence-electron chi connectivity index (χ4n) is 3.66. The van der Waals surface area contributed by atoms with Crippen LogP contribution in [0.3, 0.4) is 0 Å². The molecule has 2 aliphatic heterocycles. The van der Waals surface area contributed by atoms with Crippen molar-refractivity contribution in [3.63, 3.8) is 0 Å². The van der Waals surface area contributed by atoms with E-state index in [1.165, 1.54) is 56.7 Å². The van der Waals surface area contributed by atoms with Gasteiger partial charge in [0.05, 0.1) is 0 Å². The molecule has 2 saturated heterocycles. The van der Waals surface area contributed by atoms with Crippen LogP contribution in [-0.4, -0.2) is 31.1 Å². The van der Waals surface area contributed by atoms with E-state index >= 15 is 0 Å².